The summed E-state index contributed by atoms with van der Waals surface area (Å²) in [6.07, 6.45) is 1.48. The third-order valence-corrected chi connectivity index (χ3v) is 5.67. The first-order valence-corrected chi connectivity index (χ1v) is 10.4. The van der Waals surface area contributed by atoms with Gasteiger partial charge in [-0.2, -0.15) is 0 Å². The molecule has 6 nitrogen and oxygen atoms in total. The molecule has 146 valence electrons. The van der Waals surface area contributed by atoms with Crippen LogP contribution in [0.3, 0.4) is 0 Å². The summed E-state index contributed by atoms with van der Waals surface area (Å²) >= 11 is 0. The Morgan fingerprint density at radius 2 is 1.79 bits per heavy atom. The average molecular weight is 398 g/mol. The van der Waals surface area contributed by atoms with Gasteiger partial charge in [-0.1, -0.05) is 26.0 Å². The van der Waals surface area contributed by atoms with Crippen molar-refractivity contribution in [3.63, 3.8) is 0 Å². The summed E-state index contributed by atoms with van der Waals surface area (Å²) in [5.74, 6) is 0.576. The number of sulfonamides is 1. The lowest BCUT2D eigenvalue weighted by Gasteiger charge is -2.10. The van der Waals surface area contributed by atoms with Crippen LogP contribution >= 0.6 is 0 Å². The van der Waals surface area contributed by atoms with Gasteiger partial charge in [0.1, 0.15) is 5.76 Å². The topological polar surface area (TPSA) is 88.4 Å². The Balaban J connectivity index is 1.67. The van der Waals surface area contributed by atoms with Crippen molar-refractivity contribution in [3.8, 4) is 0 Å². The zero-order valence-electron chi connectivity index (χ0n) is 15.7. The molecule has 0 bridgehead atoms. The van der Waals surface area contributed by atoms with E-state index in [1.54, 1.807) is 12.1 Å². The zero-order chi connectivity index (χ0) is 20.1. The molecule has 1 heterocycles. The van der Waals surface area contributed by atoms with Crippen molar-refractivity contribution in [2.75, 3.05) is 5.32 Å². The number of furan rings is 1. The van der Waals surface area contributed by atoms with Crippen LogP contribution in [0.4, 0.5) is 5.69 Å². The number of rotatable bonds is 7. The Hall–Kier alpha value is -2.90. The van der Waals surface area contributed by atoms with Crippen LogP contribution in [-0.2, 0) is 16.6 Å². The van der Waals surface area contributed by atoms with Crippen molar-refractivity contribution < 1.29 is 17.6 Å². The van der Waals surface area contributed by atoms with Crippen molar-refractivity contribution in [1.29, 1.82) is 0 Å². The Morgan fingerprint density at radius 3 is 2.43 bits per heavy atom. The smallest absolute Gasteiger partial charge is 0.255 e. The van der Waals surface area contributed by atoms with Crippen molar-refractivity contribution in [2.45, 2.75) is 31.2 Å². The highest BCUT2D eigenvalue weighted by Crippen LogP contribution is 2.19. The predicted octanol–water partition coefficient (Wildman–Crippen LogP) is 4.13. The molecule has 0 aliphatic heterocycles. The minimum absolute atomic E-state index is 0.0593. The van der Waals surface area contributed by atoms with Crippen LogP contribution in [0.5, 0.6) is 0 Å². The van der Waals surface area contributed by atoms with E-state index in [4.69, 9.17) is 4.42 Å². The average Bonchev–Trinajstić information content (AvgIpc) is 3.20. The van der Waals surface area contributed by atoms with Gasteiger partial charge in [0.05, 0.1) is 17.7 Å². The molecule has 0 spiro atoms. The number of carbonyl (C=O) groups is 1. The molecule has 2 N–H and O–H groups in total. The molecular formula is C21H22N2O4S. The maximum atomic E-state index is 12.4. The molecule has 0 aliphatic rings. The largest absolute Gasteiger partial charge is 0.468 e. The number of hydrogen-bond donors (Lipinski definition) is 2. The monoisotopic (exact) mass is 398 g/mol. The van der Waals surface area contributed by atoms with E-state index in [-0.39, 0.29) is 17.3 Å². The Kier molecular flexibility index (Phi) is 5.96. The molecule has 28 heavy (non-hydrogen) atoms. The maximum Gasteiger partial charge on any atom is 0.255 e. The van der Waals surface area contributed by atoms with Gasteiger partial charge in [-0.05, 0) is 60.0 Å². The summed E-state index contributed by atoms with van der Waals surface area (Å²) in [6.45, 7) is 4.23. The van der Waals surface area contributed by atoms with Crippen LogP contribution in [0.1, 0.15) is 41.4 Å². The quantitative estimate of drug-likeness (QED) is 0.626. The van der Waals surface area contributed by atoms with E-state index in [0.29, 0.717) is 22.9 Å². The van der Waals surface area contributed by atoms with Gasteiger partial charge in [-0.3, -0.25) is 4.79 Å². The minimum atomic E-state index is -3.69. The van der Waals surface area contributed by atoms with Gasteiger partial charge in [0, 0.05) is 11.3 Å². The lowest BCUT2D eigenvalue weighted by atomic mass is 10.0. The number of nitrogens with one attached hydrogen (secondary N) is 2. The number of carbonyl (C=O) groups excluding carboxylic acids is 1. The van der Waals surface area contributed by atoms with Gasteiger partial charge in [-0.15, -0.1) is 0 Å². The van der Waals surface area contributed by atoms with Crippen LogP contribution in [-0.4, -0.2) is 14.3 Å². The highest BCUT2D eigenvalue weighted by Gasteiger charge is 2.15. The number of amides is 1. The van der Waals surface area contributed by atoms with Crippen molar-refractivity contribution in [3.05, 3.63) is 83.8 Å². The summed E-state index contributed by atoms with van der Waals surface area (Å²) in [5.41, 5.74) is 2.20. The van der Waals surface area contributed by atoms with E-state index in [0.717, 1.165) is 5.56 Å². The summed E-state index contributed by atoms with van der Waals surface area (Å²) in [5, 5.41) is 2.84. The first-order chi connectivity index (χ1) is 13.3. The van der Waals surface area contributed by atoms with E-state index in [9.17, 15) is 13.2 Å². The van der Waals surface area contributed by atoms with Crippen LogP contribution in [0.2, 0.25) is 0 Å². The molecule has 0 aliphatic carbocycles. The lowest BCUT2D eigenvalue weighted by Crippen LogP contribution is -2.23. The normalized spacial score (nSPS) is 11.5. The highest BCUT2D eigenvalue weighted by atomic mass is 32.2. The first kappa shape index (κ1) is 19.9. The second kappa shape index (κ2) is 8.41. The first-order valence-electron chi connectivity index (χ1n) is 8.88. The molecule has 1 amide bonds. The van der Waals surface area contributed by atoms with Crippen LogP contribution in [0.15, 0.2) is 76.2 Å². The van der Waals surface area contributed by atoms with Gasteiger partial charge in [0.15, 0.2) is 0 Å². The molecule has 0 atom stereocenters. The molecule has 3 rings (SSSR count). The molecule has 0 radical (unpaired) electrons. The lowest BCUT2D eigenvalue weighted by molar-refractivity contribution is 0.102. The van der Waals surface area contributed by atoms with E-state index >= 15 is 0 Å². The van der Waals surface area contributed by atoms with E-state index in [1.807, 2.05) is 24.3 Å². The summed E-state index contributed by atoms with van der Waals surface area (Å²) in [4.78, 5) is 12.5. The van der Waals surface area contributed by atoms with Crippen LogP contribution in [0.25, 0.3) is 0 Å². The van der Waals surface area contributed by atoms with E-state index in [2.05, 4.69) is 23.9 Å². The summed E-state index contributed by atoms with van der Waals surface area (Å²) in [6, 6.07) is 16.8. The van der Waals surface area contributed by atoms with Gasteiger partial charge < -0.3 is 9.73 Å². The third-order valence-electron chi connectivity index (χ3n) is 4.25. The standard InChI is InChI=1S/C21H22N2O4S/c1-15(2)17-5-3-6-18(13-17)23-21(24)16-8-10-20(11-9-16)28(25,26)22-14-19-7-4-12-27-19/h3-13,15,22H,14H2,1-2H3,(H,23,24). The molecular weight excluding hydrogens is 376 g/mol. The summed E-state index contributed by atoms with van der Waals surface area (Å²) in [7, 11) is -3.69. The number of anilines is 1. The minimum Gasteiger partial charge on any atom is -0.468 e. The number of hydrogen-bond acceptors (Lipinski definition) is 4. The molecule has 0 saturated carbocycles. The van der Waals surface area contributed by atoms with Crippen molar-refractivity contribution >= 4 is 21.6 Å². The van der Waals surface area contributed by atoms with Gasteiger partial charge in [-0.25, -0.2) is 13.1 Å². The predicted molar refractivity (Wildman–Crippen MR) is 108 cm³/mol. The van der Waals surface area contributed by atoms with Crippen LogP contribution < -0.4 is 10.0 Å². The van der Waals surface area contributed by atoms with Gasteiger partial charge >= 0.3 is 0 Å². The number of benzene rings is 2. The zero-order valence-corrected chi connectivity index (χ0v) is 16.5. The fourth-order valence-corrected chi connectivity index (χ4v) is 3.62. The maximum absolute atomic E-state index is 12.4. The second-order valence-electron chi connectivity index (χ2n) is 6.66. The van der Waals surface area contributed by atoms with Gasteiger partial charge in [0.25, 0.3) is 5.91 Å². The van der Waals surface area contributed by atoms with Gasteiger partial charge in [0.2, 0.25) is 10.0 Å². The van der Waals surface area contributed by atoms with E-state index < -0.39 is 10.0 Å². The highest BCUT2D eigenvalue weighted by molar-refractivity contribution is 7.89. The van der Waals surface area contributed by atoms with Crippen molar-refractivity contribution in [2.24, 2.45) is 0 Å². The molecule has 0 unspecified atom stereocenters. The Morgan fingerprint density at radius 1 is 1.04 bits per heavy atom. The molecule has 7 heteroatoms. The Labute approximate surface area is 164 Å². The molecule has 0 fully saturated rings. The SMILES string of the molecule is CC(C)c1cccc(NC(=O)c2ccc(S(=O)(=O)NCc3ccco3)cc2)c1. The van der Waals surface area contributed by atoms with Crippen molar-refractivity contribution in [1.82, 2.24) is 4.72 Å². The second-order valence-corrected chi connectivity index (χ2v) is 8.43. The summed E-state index contributed by atoms with van der Waals surface area (Å²) < 4.78 is 32.3. The molecule has 2 aromatic carbocycles. The molecule has 1 aromatic heterocycles. The molecule has 3 aromatic rings. The fraction of sp³-hybridized carbons (Fsp3) is 0.190. The molecule has 0 saturated heterocycles. The third kappa shape index (κ3) is 4.88. The van der Waals surface area contributed by atoms with E-state index in [1.165, 1.54) is 30.5 Å². The van der Waals surface area contributed by atoms with Crippen LogP contribution in [0, 0.1) is 0 Å². The Bertz CT molecular complexity index is 1040. The fourth-order valence-electron chi connectivity index (χ4n) is 2.63.